The van der Waals surface area contributed by atoms with Crippen molar-refractivity contribution in [2.24, 2.45) is 0 Å². The predicted molar refractivity (Wildman–Crippen MR) is 93.3 cm³/mol. The van der Waals surface area contributed by atoms with E-state index in [9.17, 15) is 9.18 Å². The molecule has 0 aliphatic carbocycles. The standard InChI is InChI=1S/C19H17FN4O/c1-3-6-15-18(23-11-13(20)9-10-17(23)22-15)19(25)24-12(2)21-14-7-4-5-8-16(14)24/h4-5,7-11H,3,6H2,1-2H3. The number of nitrogens with zero attached hydrogens (tertiary/aromatic N) is 4. The van der Waals surface area contributed by atoms with E-state index < -0.39 is 5.82 Å². The summed E-state index contributed by atoms with van der Waals surface area (Å²) in [4.78, 5) is 22.3. The minimum atomic E-state index is -0.408. The van der Waals surface area contributed by atoms with Crippen LogP contribution in [0.4, 0.5) is 4.39 Å². The largest absolute Gasteiger partial charge is 0.292 e. The highest BCUT2D eigenvalue weighted by Crippen LogP contribution is 2.21. The van der Waals surface area contributed by atoms with E-state index in [1.165, 1.54) is 16.7 Å². The Kier molecular flexibility index (Phi) is 3.60. The van der Waals surface area contributed by atoms with Crippen molar-refractivity contribution in [2.75, 3.05) is 0 Å². The number of fused-ring (bicyclic) bond motifs is 2. The van der Waals surface area contributed by atoms with Crippen molar-refractivity contribution in [1.29, 1.82) is 0 Å². The van der Waals surface area contributed by atoms with Crippen LogP contribution in [0.1, 0.15) is 35.4 Å². The van der Waals surface area contributed by atoms with E-state index in [2.05, 4.69) is 9.97 Å². The third-order valence-electron chi connectivity index (χ3n) is 4.28. The van der Waals surface area contributed by atoms with Gasteiger partial charge in [0.2, 0.25) is 0 Å². The molecule has 0 amide bonds. The highest BCUT2D eigenvalue weighted by atomic mass is 19.1. The molecule has 25 heavy (non-hydrogen) atoms. The summed E-state index contributed by atoms with van der Waals surface area (Å²) < 4.78 is 16.9. The Morgan fingerprint density at radius 2 is 1.96 bits per heavy atom. The Labute approximate surface area is 143 Å². The Morgan fingerprint density at radius 3 is 2.76 bits per heavy atom. The highest BCUT2D eigenvalue weighted by Gasteiger charge is 2.23. The number of carbonyl (C=O) groups excluding carboxylic acids is 1. The van der Waals surface area contributed by atoms with Crippen LogP contribution in [0, 0.1) is 12.7 Å². The molecule has 0 saturated heterocycles. The Bertz CT molecular complexity index is 1110. The zero-order valence-corrected chi connectivity index (χ0v) is 14.0. The lowest BCUT2D eigenvalue weighted by Crippen LogP contribution is -2.17. The summed E-state index contributed by atoms with van der Waals surface area (Å²) in [5.41, 5.74) is 3.12. The monoisotopic (exact) mass is 336 g/mol. The second-order valence-corrected chi connectivity index (χ2v) is 6.02. The van der Waals surface area contributed by atoms with Crippen LogP contribution in [0.5, 0.6) is 0 Å². The van der Waals surface area contributed by atoms with Gasteiger partial charge in [-0.25, -0.2) is 14.4 Å². The van der Waals surface area contributed by atoms with Crippen molar-refractivity contribution < 1.29 is 9.18 Å². The van der Waals surface area contributed by atoms with Gasteiger partial charge in [-0.1, -0.05) is 25.5 Å². The van der Waals surface area contributed by atoms with Crippen molar-refractivity contribution >= 4 is 22.6 Å². The van der Waals surface area contributed by atoms with E-state index in [0.717, 1.165) is 17.5 Å². The average Bonchev–Trinajstić information content (AvgIpc) is 3.10. The van der Waals surface area contributed by atoms with Gasteiger partial charge in [-0.2, -0.15) is 0 Å². The van der Waals surface area contributed by atoms with Gasteiger partial charge in [0.25, 0.3) is 5.91 Å². The fraction of sp³-hybridized carbons (Fsp3) is 0.211. The number of aryl methyl sites for hydroxylation is 2. The molecule has 0 N–H and O–H groups in total. The predicted octanol–water partition coefficient (Wildman–Crippen LogP) is 3.77. The molecule has 0 atom stereocenters. The molecule has 5 nitrogen and oxygen atoms in total. The summed E-state index contributed by atoms with van der Waals surface area (Å²) in [5, 5.41) is 0. The number of hydrogen-bond donors (Lipinski definition) is 0. The smallest absolute Gasteiger partial charge is 0.282 e. The molecule has 4 rings (SSSR count). The molecule has 3 aromatic heterocycles. The summed E-state index contributed by atoms with van der Waals surface area (Å²) in [6, 6.07) is 10.4. The number of para-hydroxylation sites is 2. The lowest BCUT2D eigenvalue weighted by Gasteiger charge is -2.07. The summed E-state index contributed by atoms with van der Waals surface area (Å²) in [6.07, 6.45) is 2.80. The van der Waals surface area contributed by atoms with E-state index in [4.69, 9.17) is 0 Å². The first kappa shape index (κ1) is 15.5. The van der Waals surface area contributed by atoms with Gasteiger partial charge in [-0.3, -0.25) is 13.8 Å². The summed E-state index contributed by atoms with van der Waals surface area (Å²) in [7, 11) is 0. The molecular weight excluding hydrogens is 319 g/mol. The van der Waals surface area contributed by atoms with Crippen LogP contribution in [-0.4, -0.2) is 24.8 Å². The molecule has 0 fully saturated rings. The van der Waals surface area contributed by atoms with Crippen molar-refractivity contribution in [2.45, 2.75) is 26.7 Å². The number of aromatic nitrogens is 4. The van der Waals surface area contributed by atoms with Crippen molar-refractivity contribution in [1.82, 2.24) is 18.9 Å². The number of halogens is 1. The first-order valence-corrected chi connectivity index (χ1v) is 8.25. The van der Waals surface area contributed by atoms with Crippen molar-refractivity contribution in [3.63, 3.8) is 0 Å². The molecule has 0 spiro atoms. The third-order valence-corrected chi connectivity index (χ3v) is 4.28. The van der Waals surface area contributed by atoms with Crippen LogP contribution in [0.25, 0.3) is 16.7 Å². The van der Waals surface area contributed by atoms with Crippen molar-refractivity contribution in [3.8, 4) is 0 Å². The molecule has 126 valence electrons. The maximum absolute atomic E-state index is 13.8. The number of rotatable bonds is 3. The molecular formula is C19H17FN4O. The Balaban J connectivity index is 1.99. The zero-order chi connectivity index (χ0) is 17.6. The number of pyridine rings is 1. The van der Waals surface area contributed by atoms with Gasteiger partial charge in [0.05, 0.1) is 16.7 Å². The number of benzene rings is 1. The molecule has 0 unspecified atom stereocenters. The molecule has 0 radical (unpaired) electrons. The second kappa shape index (κ2) is 5.81. The Morgan fingerprint density at radius 1 is 1.16 bits per heavy atom. The van der Waals surface area contributed by atoms with Gasteiger partial charge in [0.1, 0.15) is 23.0 Å². The lowest BCUT2D eigenvalue weighted by molar-refractivity contribution is 0.0955. The van der Waals surface area contributed by atoms with Gasteiger partial charge in [0, 0.05) is 6.20 Å². The number of hydrogen-bond acceptors (Lipinski definition) is 3. The molecule has 0 aliphatic heterocycles. The van der Waals surface area contributed by atoms with Gasteiger partial charge < -0.3 is 0 Å². The quantitative estimate of drug-likeness (QED) is 0.572. The molecule has 0 aliphatic rings. The minimum absolute atomic E-state index is 0.243. The fourth-order valence-corrected chi connectivity index (χ4v) is 3.21. The van der Waals surface area contributed by atoms with Crippen LogP contribution in [0.2, 0.25) is 0 Å². The first-order valence-electron chi connectivity index (χ1n) is 8.25. The van der Waals surface area contributed by atoms with Gasteiger partial charge in [0.15, 0.2) is 0 Å². The van der Waals surface area contributed by atoms with E-state index in [1.807, 2.05) is 31.2 Å². The van der Waals surface area contributed by atoms with Gasteiger partial charge >= 0.3 is 0 Å². The lowest BCUT2D eigenvalue weighted by atomic mass is 10.2. The number of carbonyl (C=O) groups is 1. The van der Waals surface area contributed by atoms with Crippen LogP contribution < -0.4 is 0 Å². The first-order chi connectivity index (χ1) is 12.1. The Hall–Kier alpha value is -3.02. The topological polar surface area (TPSA) is 52.2 Å². The molecule has 1 aromatic carbocycles. The van der Waals surface area contributed by atoms with E-state index in [0.29, 0.717) is 29.3 Å². The molecule has 4 aromatic rings. The summed E-state index contributed by atoms with van der Waals surface area (Å²) in [5.74, 6) is -0.0537. The van der Waals surface area contributed by atoms with Crippen LogP contribution in [0.15, 0.2) is 42.6 Å². The molecule has 0 bridgehead atoms. The zero-order valence-electron chi connectivity index (χ0n) is 14.0. The van der Waals surface area contributed by atoms with E-state index in [1.54, 1.807) is 17.6 Å². The maximum Gasteiger partial charge on any atom is 0.282 e. The van der Waals surface area contributed by atoms with Gasteiger partial charge in [-0.05, 0) is 37.6 Å². The van der Waals surface area contributed by atoms with E-state index >= 15 is 0 Å². The average molecular weight is 336 g/mol. The SMILES string of the molecule is CCCc1nc2ccc(F)cn2c1C(=O)n1c(C)nc2ccccc21. The minimum Gasteiger partial charge on any atom is -0.292 e. The fourth-order valence-electron chi connectivity index (χ4n) is 3.21. The van der Waals surface area contributed by atoms with Crippen LogP contribution in [0.3, 0.4) is 0 Å². The molecule has 3 heterocycles. The normalized spacial score (nSPS) is 11.5. The number of imidazole rings is 2. The van der Waals surface area contributed by atoms with Crippen LogP contribution in [-0.2, 0) is 6.42 Å². The molecule has 0 saturated carbocycles. The van der Waals surface area contributed by atoms with Crippen LogP contribution >= 0.6 is 0 Å². The third kappa shape index (κ3) is 2.41. The van der Waals surface area contributed by atoms with Crippen molar-refractivity contribution in [3.05, 3.63) is 65.6 Å². The van der Waals surface area contributed by atoms with E-state index in [-0.39, 0.29) is 5.91 Å². The maximum atomic E-state index is 13.8. The second-order valence-electron chi connectivity index (χ2n) is 6.02. The summed E-state index contributed by atoms with van der Waals surface area (Å²) >= 11 is 0. The highest BCUT2D eigenvalue weighted by molar-refractivity contribution is 6.02. The molecule has 6 heteroatoms. The van der Waals surface area contributed by atoms with Gasteiger partial charge in [-0.15, -0.1) is 0 Å². The summed E-state index contributed by atoms with van der Waals surface area (Å²) in [6.45, 7) is 3.82.